The highest BCUT2D eigenvalue weighted by Gasteiger charge is 2.24. The average Bonchev–Trinajstić information content (AvgIpc) is 2.35. The summed E-state index contributed by atoms with van der Waals surface area (Å²) in [6, 6.07) is 4.42. The molecule has 0 aliphatic carbocycles. The Hall–Kier alpha value is -2.24. The van der Waals surface area contributed by atoms with Crippen molar-refractivity contribution in [2.75, 3.05) is 6.61 Å². The van der Waals surface area contributed by atoms with E-state index >= 15 is 0 Å². The highest BCUT2D eigenvalue weighted by Crippen LogP contribution is 2.25. The second-order valence-corrected chi connectivity index (χ2v) is 3.50. The first-order chi connectivity index (χ1) is 8.61. The maximum absolute atomic E-state index is 11.6. The summed E-state index contributed by atoms with van der Waals surface area (Å²) < 4.78 is 4.77. The van der Waals surface area contributed by atoms with E-state index in [9.17, 15) is 19.7 Å². The molecule has 18 heavy (non-hydrogen) atoms. The molecule has 1 aromatic rings. The van der Waals surface area contributed by atoms with Crippen molar-refractivity contribution in [2.24, 2.45) is 0 Å². The Kier molecular flexibility index (Phi) is 4.98. The third kappa shape index (κ3) is 3.13. The molecular formula is C12H13NO5. The first-order valence-electron chi connectivity index (χ1n) is 5.48. The minimum Gasteiger partial charge on any atom is -0.462 e. The van der Waals surface area contributed by atoms with Crippen LogP contribution in [-0.4, -0.2) is 23.8 Å². The van der Waals surface area contributed by atoms with Gasteiger partial charge in [0.1, 0.15) is 11.8 Å². The standard InChI is InChI=1S/C12H13NO5/c1-2-18-12(15)10-7-3-5-9(6-4-8-14)11(10)13(16)17/h3,5,7-8H,2,4,6H2,1H3. The molecule has 0 amide bonds. The number of para-hydroxylation sites is 1. The van der Waals surface area contributed by atoms with Crippen molar-refractivity contribution in [1.82, 2.24) is 0 Å². The predicted molar refractivity (Wildman–Crippen MR) is 63.4 cm³/mol. The van der Waals surface area contributed by atoms with E-state index in [1.807, 2.05) is 0 Å². The maximum Gasteiger partial charge on any atom is 0.345 e. The first-order valence-corrected chi connectivity index (χ1v) is 5.48. The summed E-state index contributed by atoms with van der Waals surface area (Å²) in [6.07, 6.45) is 1.08. The summed E-state index contributed by atoms with van der Waals surface area (Å²) in [6.45, 7) is 1.77. The number of hydrogen-bond donors (Lipinski definition) is 0. The molecule has 1 rings (SSSR count). The molecule has 6 heteroatoms. The van der Waals surface area contributed by atoms with E-state index in [2.05, 4.69) is 0 Å². The second-order valence-electron chi connectivity index (χ2n) is 3.50. The molecule has 0 spiro atoms. The zero-order chi connectivity index (χ0) is 13.5. The van der Waals surface area contributed by atoms with Crippen LogP contribution in [0.4, 0.5) is 5.69 Å². The second kappa shape index (κ2) is 6.48. The minimum atomic E-state index is -0.725. The monoisotopic (exact) mass is 251 g/mol. The quantitative estimate of drug-likeness (QED) is 0.333. The van der Waals surface area contributed by atoms with E-state index in [0.717, 1.165) is 0 Å². The molecule has 96 valence electrons. The number of carbonyl (C=O) groups is 2. The van der Waals surface area contributed by atoms with Gasteiger partial charge in [-0.05, 0) is 19.4 Å². The van der Waals surface area contributed by atoms with Crippen molar-refractivity contribution in [1.29, 1.82) is 0 Å². The van der Waals surface area contributed by atoms with Gasteiger partial charge in [-0.2, -0.15) is 0 Å². The largest absolute Gasteiger partial charge is 0.462 e. The van der Waals surface area contributed by atoms with Crippen LogP contribution in [0.2, 0.25) is 0 Å². The Labute approximate surface area is 104 Å². The SMILES string of the molecule is CCOC(=O)c1cccc(CCC=O)c1[N+](=O)[O-]. The lowest BCUT2D eigenvalue weighted by molar-refractivity contribution is -0.385. The molecular weight excluding hydrogens is 238 g/mol. The number of nitro benzene ring substituents is 1. The number of esters is 1. The molecule has 1 aromatic carbocycles. The molecule has 0 atom stereocenters. The van der Waals surface area contributed by atoms with Gasteiger partial charge < -0.3 is 9.53 Å². The molecule has 0 heterocycles. The Morgan fingerprint density at radius 3 is 2.78 bits per heavy atom. The van der Waals surface area contributed by atoms with Gasteiger partial charge >= 0.3 is 5.97 Å². The van der Waals surface area contributed by atoms with Gasteiger partial charge in [0, 0.05) is 12.0 Å². The number of hydrogen-bond acceptors (Lipinski definition) is 5. The molecule has 0 bridgehead atoms. The van der Waals surface area contributed by atoms with Crippen molar-refractivity contribution >= 4 is 17.9 Å². The fraction of sp³-hybridized carbons (Fsp3) is 0.333. The molecule has 6 nitrogen and oxygen atoms in total. The lowest BCUT2D eigenvalue weighted by Crippen LogP contribution is -2.10. The van der Waals surface area contributed by atoms with E-state index < -0.39 is 10.9 Å². The molecule has 0 N–H and O–H groups in total. The Morgan fingerprint density at radius 2 is 2.22 bits per heavy atom. The molecule has 0 aromatic heterocycles. The Bertz CT molecular complexity index is 470. The van der Waals surface area contributed by atoms with Gasteiger partial charge in [0.25, 0.3) is 5.69 Å². The molecule has 0 unspecified atom stereocenters. The fourth-order valence-corrected chi connectivity index (χ4v) is 1.60. The van der Waals surface area contributed by atoms with E-state index in [0.29, 0.717) is 11.8 Å². The number of carbonyl (C=O) groups excluding carboxylic acids is 2. The fourth-order valence-electron chi connectivity index (χ4n) is 1.60. The topological polar surface area (TPSA) is 86.5 Å². The van der Waals surface area contributed by atoms with E-state index in [1.54, 1.807) is 13.0 Å². The molecule has 0 fully saturated rings. The number of aryl methyl sites for hydroxylation is 1. The smallest absolute Gasteiger partial charge is 0.345 e. The molecule has 0 radical (unpaired) electrons. The minimum absolute atomic E-state index is 0.0785. The van der Waals surface area contributed by atoms with Gasteiger partial charge in [-0.3, -0.25) is 10.1 Å². The van der Waals surface area contributed by atoms with Crippen LogP contribution in [-0.2, 0) is 16.0 Å². The van der Waals surface area contributed by atoms with Crippen molar-refractivity contribution in [3.63, 3.8) is 0 Å². The van der Waals surface area contributed by atoms with Crippen LogP contribution >= 0.6 is 0 Å². The Morgan fingerprint density at radius 1 is 1.50 bits per heavy atom. The number of ether oxygens (including phenoxy) is 1. The predicted octanol–water partition coefficient (Wildman–Crippen LogP) is 1.90. The van der Waals surface area contributed by atoms with Crippen molar-refractivity contribution < 1.29 is 19.2 Å². The zero-order valence-corrected chi connectivity index (χ0v) is 9.92. The number of rotatable bonds is 6. The first kappa shape index (κ1) is 13.8. The molecule has 0 saturated carbocycles. The van der Waals surface area contributed by atoms with Gasteiger partial charge in [0.05, 0.1) is 11.5 Å². The van der Waals surface area contributed by atoms with E-state index in [-0.39, 0.29) is 30.7 Å². The van der Waals surface area contributed by atoms with Gasteiger partial charge in [-0.1, -0.05) is 12.1 Å². The normalized spacial score (nSPS) is 9.83. The van der Waals surface area contributed by atoms with Gasteiger partial charge in [-0.15, -0.1) is 0 Å². The van der Waals surface area contributed by atoms with E-state index in [4.69, 9.17) is 4.74 Å². The summed E-state index contributed by atoms with van der Waals surface area (Å²) in [7, 11) is 0. The van der Waals surface area contributed by atoms with Crippen molar-refractivity contribution in [3.05, 3.63) is 39.4 Å². The van der Waals surface area contributed by atoms with Gasteiger partial charge in [0.15, 0.2) is 0 Å². The molecule has 0 aliphatic rings. The summed E-state index contributed by atoms with van der Waals surface area (Å²) in [5.41, 5.74) is 0.000650. The Balaban J connectivity index is 3.20. The lowest BCUT2D eigenvalue weighted by Gasteiger charge is -2.06. The summed E-state index contributed by atoms with van der Waals surface area (Å²) >= 11 is 0. The summed E-state index contributed by atoms with van der Waals surface area (Å²) in [5.74, 6) is -0.725. The van der Waals surface area contributed by atoms with Gasteiger partial charge in [-0.25, -0.2) is 4.79 Å². The third-order valence-corrected chi connectivity index (χ3v) is 2.33. The highest BCUT2D eigenvalue weighted by molar-refractivity contribution is 5.94. The van der Waals surface area contributed by atoms with Crippen LogP contribution in [0, 0.1) is 10.1 Å². The number of nitrogens with zero attached hydrogens (tertiary/aromatic N) is 1. The van der Waals surface area contributed by atoms with E-state index in [1.165, 1.54) is 12.1 Å². The number of nitro groups is 1. The van der Waals surface area contributed by atoms with Crippen molar-refractivity contribution in [3.8, 4) is 0 Å². The summed E-state index contributed by atoms with van der Waals surface area (Å²) in [4.78, 5) is 32.3. The molecule has 0 saturated heterocycles. The van der Waals surface area contributed by atoms with Crippen LogP contribution in [0.15, 0.2) is 18.2 Å². The third-order valence-electron chi connectivity index (χ3n) is 2.33. The average molecular weight is 251 g/mol. The number of aldehydes is 1. The van der Waals surface area contributed by atoms with Gasteiger partial charge in [0.2, 0.25) is 0 Å². The van der Waals surface area contributed by atoms with Crippen LogP contribution in [0.1, 0.15) is 29.3 Å². The number of benzene rings is 1. The van der Waals surface area contributed by atoms with Crippen LogP contribution < -0.4 is 0 Å². The zero-order valence-electron chi connectivity index (χ0n) is 9.92. The van der Waals surface area contributed by atoms with Crippen LogP contribution in [0.25, 0.3) is 0 Å². The highest BCUT2D eigenvalue weighted by atomic mass is 16.6. The molecule has 0 aliphatic heterocycles. The lowest BCUT2D eigenvalue weighted by atomic mass is 10.0. The van der Waals surface area contributed by atoms with Crippen LogP contribution in [0.3, 0.4) is 0 Å². The van der Waals surface area contributed by atoms with Crippen LogP contribution in [0.5, 0.6) is 0 Å². The summed E-state index contributed by atoms with van der Waals surface area (Å²) in [5, 5.41) is 11.0. The van der Waals surface area contributed by atoms with Crippen molar-refractivity contribution in [2.45, 2.75) is 19.8 Å². The maximum atomic E-state index is 11.6.